The quantitative estimate of drug-likeness (QED) is 0.370. The van der Waals surface area contributed by atoms with Gasteiger partial charge in [-0.05, 0) is 64.2 Å². The van der Waals surface area contributed by atoms with Crippen LogP contribution in [0.5, 0.6) is 0 Å². The maximum atomic E-state index is 13.1. The van der Waals surface area contributed by atoms with Gasteiger partial charge in [0.1, 0.15) is 0 Å². The lowest BCUT2D eigenvalue weighted by atomic mass is 9.84. The molecule has 0 saturated carbocycles. The summed E-state index contributed by atoms with van der Waals surface area (Å²) in [5.74, 6) is 0.826. The van der Waals surface area contributed by atoms with Gasteiger partial charge in [0.05, 0.1) is 22.8 Å². The monoisotopic (exact) mass is 507 g/mol. The molecule has 0 bridgehead atoms. The summed E-state index contributed by atoms with van der Waals surface area (Å²) in [5, 5.41) is 3.31. The van der Waals surface area contributed by atoms with Crippen molar-refractivity contribution in [3.63, 3.8) is 0 Å². The van der Waals surface area contributed by atoms with Crippen LogP contribution >= 0.6 is 11.3 Å². The number of hydrogen-bond donors (Lipinski definition) is 2. The molecule has 0 aromatic carbocycles. The first kappa shape index (κ1) is 29.7. The van der Waals surface area contributed by atoms with Gasteiger partial charge in [-0.25, -0.2) is 9.78 Å². The van der Waals surface area contributed by atoms with E-state index in [-0.39, 0.29) is 35.7 Å². The van der Waals surface area contributed by atoms with Gasteiger partial charge in [-0.15, -0.1) is 11.3 Å². The van der Waals surface area contributed by atoms with Gasteiger partial charge in [-0.1, -0.05) is 34.6 Å². The van der Waals surface area contributed by atoms with Crippen LogP contribution in [0.2, 0.25) is 0 Å². The first-order valence-electron chi connectivity index (χ1n) is 13.4. The van der Waals surface area contributed by atoms with E-state index in [1.807, 2.05) is 30.6 Å². The number of urea groups is 1. The average Bonchev–Trinajstić information content (AvgIpc) is 3.46. The van der Waals surface area contributed by atoms with Gasteiger partial charge >= 0.3 is 6.03 Å². The summed E-state index contributed by atoms with van der Waals surface area (Å²) in [5.41, 5.74) is 13.9. The fraction of sp³-hybridized carbons (Fsp3) is 0.815. The number of amides is 2. The number of nitrogens with zero attached hydrogens (tertiary/aromatic N) is 3. The number of Topliss-reactive ketones (excluding diaryl/α,β-unsaturated/α-hetero) is 1. The Morgan fingerprint density at radius 1 is 0.914 bits per heavy atom. The van der Waals surface area contributed by atoms with Crippen LogP contribution in [0, 0.1) is 11.8 Å². The van der Waals surface area contributed by atoms with E-state index < -0.39 is 12.1 Å². The molecule has 1 fully saturated rings. The molecular formula is C27H49N5O2S. The summed E-state index contributed by atoms with van der Waals surface area (Å²) in [6.45, 7) is 18.3. The van der Waals surface area contributed by atoms with Gasteiger partial charge in [-0.3, -0.25) is 4.79 Å². The van der Waals surface area contributed by atoms with Crippen molar-refractivity contribution in [3.05, 3.63) is 16.1 Å². The number of carbonyl (C=O) groups excluding carboxylic acids is 2. The first-order chi connectivity index (χ1) is 16.3. The zero-order valence-corrected chi connectivity index (χ0v) is 24.0. The van der Waals surface area contributed by atoms with Crippen molar-refractivity contribution < 1.29 is 9.59 Å². The molecule has 1 aromatic heterocycles. The Labute approximate surface area is 217 Å². The molecule has 1 aliphatic heterocycles. The number of ketones is 1. The molecule has 7 nitrogen and oxygen atoms in total. The second kappa shape index (κ2) is 13.2. The molecule has 1 aromatic rings. The summed E-state index contributed by atoms with van der Waals surface area (Å²) >= 11 is 1.72. The highest BCUT2D eigenvalue weighted by Crippen LogP contribution is 2.29. The molecule has 1 saturated heterocycles. The van der Waals surface area contributed by atoms with E-state index in [0.717, 1.165) is 49.5 Å². The van der Waals surface area contributed by atoms with Crippen molar-refractivity contribution in [2.75, 3.05) is 13.1 Å². The molecular weight excluding hydrogens is 458 g/mol. The summed E-state index contributed by atoms with van der Waals surface area (Å²) < 4.78 is 0. The number of rotatable bonds is 14. The maximum Gasteiger partial charge on any atom is 0.320 e. The van der Waals surface area contributed by atoms with Crippen LogP contribution in [-0.4, -0.2) is 63.9 Å². The number of aromatic nitrogens is 1. The molecule has 35 heavy (non-hydrogen) atoms. The van der Waals surface area contributed by atoms with E-state index in [9.17, 15) is 9.59 Å². The minimum absolute atomic E-state index is 0.0193. The molecule has 6 unspecified atom stereocenters. The van der Waals surface area contributed by atoms with Crippen molar-refractivity contribution in [1.82, 2.24) is 14.8 Å². The van der Waals surface area contributed by atoms with Crippen LogP contribution in [0.15, 0.2) is 5.38 Å². The third-order valence-electron chi connectivity index (χ3n) is 7.76. The fourth-order valence-electron chi connectivity index (χ4n) is 4.69. The van der Waals surface area contributed by atoms with Gasteiger partial charge in [0.2, 0.25) is 0 Å². The maximum absolute atomic E-state index is 13.1. The highest BCUT2D eigenvalue weighted by Gasteiger charge is 2.34. The van der Waals surface area contributed by atoms with E-state index >= 15 is 0 Å². The molecule has 2 heterocycles. The molecule has 8 heteroatoms. The topological polar surface area (TPSA) is 106 Å². The lowest BCUT2D eigenvalue weighted by Gasteiger charge is -2.29. The largest absolute Gasteiger partial charge is 0.321 e. The third-order valence-corrected chi connectivity index (χ3v) is 8.85. The van der Waals surface area contributed by atoms with Crippen molar-refractivity contribution in [2.24, 2.45) is 23.3 Å². The molecule has 2 rings (SSSR count). The molecule has 4 N–H and O–H groups in total. The smallest absolute Gasteiger partial charge is 0.320 e. The highest BCUT2D eigenvalue weighted by molar-refractivity contribution is 7.09. The highest BCUT2D eigenvalue weighted by atomic mass is 32.1. The number of hydrogen-bond acceptors (Lipinski definition) is 6. The second-order valence-corrected chi connectivity index (χ2v) is 12.2. The lowest BCUT2D eigenvalue weighted by Crippen LogP contribution is -2.49. The Morgan fingerprint density at radius 3 is 1.94 bits per heavy atom. The summed E-state index contributed by atoms with van der Waals surface area (Å²) in [4.78, 5) is 34.3. The molecule has 0 radical (unpaired) electrons. The van der Waals surface area contributed by atoms with Gasteiger partial charge in [-0.2, -0.15) is 0 Å². The Morgan fingerprint density at radius 2 is 1.46 bits per heavy atom. The predicted octanol–water partition coefficient (Wildman–Crippen LogP) is 4.96. The Bertz CT molecular complexity index is 826. The fourth-order valence-corrected chi connectivity index (χ4v) is 5.77. The molecule has 1 aliphatic rings. The molecule has 6 atom stereocenters. The van der Waals surface area contributed by atoms with Crippen molar-refractivity contribution in [2.45, 2.75) is 117 Å². The van der Waals surface area contributed by atoms with Crippen LogP contribution < -0.4 is 11.5 Å². The van der Waals surface area contributed by atoms with Crippen LogP contribution in [-0.2, 0) is 4.79 Å². The van der Waals surface area contributed by atoms with E-state index in [1.165, 1.54) is 0 Å². The number of carbonyl (C=O) groups is 2. The minimum Gasteiger partial charge on any atom is -0.321 e. The average molecular weight is 508 g/mol. The van der Waals surface area contributed by atoms with Crippen LogP contribution in [0.1, 0.15) is 104 Å². The summed E-state index contributed by atoms with van der Waals surface area (Å²) in [6, 6.07) is -0.670. The minimum atomic E-state index is -0.578. The van der Waals surface area contributed by atoms with E-state index in [0.29, 0.717) is 11.8 Å². The SMILES string of the molecule is CC(C)c1csc(C(C)CCC(C)C(N)C(=O)C(N)C(C)CCC(C)N2CCN(C(C)C)C2=O)n1. The van der Waals surface area contributed by atoms with Gasteiger partial charge in [0.25, 0.3) is 0 Å². The second-order valence-electron chi connectivity index (χ2n) is 11.3. The lowest BCUT2D eigenvalue weighted by molar-refractivity contribution is -0.123. The zero-order valence-electron chi connectivity index (χ0n) is 23.2. The Hall–Kier alpha value is -1.51. The van der Waals surface area contributed by atoms with Gasteiger partial charge in [0, 0.05) is 36.5 Å². The zero-order chi connectivity index (χ0) is 26.4. The Kier molecular flexibility index (Phi) is 11.2. The molecule has 2 amide bonds. The van der Waals surface area contributed by atoms with Crippen LogP contribution in [0.25, 0.3) is 0 Å². The normalized spacial score (nSPS) is 19.8. The standard InChI is InChI=1S/C27H49N5O2S/c1-16(2)22-15-35-26(30-22)20(7)10-9-18(5)23(28)25(33)24(29)19(6)11-12-21(8)32-14-13-31(17(3)4)27(32)34/h15-21,23-24H,9-14,28-29H2,1-8H3. The van der Waals surface area contributed by atoms with Crippen LogP contribution in [0.4, 0.5) is 4.79 Å². The van der Waals surface area contributed by atoms with E-state index in [1.54, 1.807) is 11.3 Å². The van der Waals surface area contributed by atoms with E-state index in [4.69, 9.17) is 16.5 Å². The van der Waals surface area contributed by atoms with E-state index in [2.05, 4.69) is 40.0 Å². The molecule has 0 aliphatic carbocycles. The summed E-state index contributed by atoms with van der Waals surface area (Å²) in [7, 11) is 0. The van der Waals surface area contributed by atoms with Crippen molar-refractivity contribution in [3.8, 4) is 0 Å². The number of thiazole rings is 1. The summed E-state index contributed by atoms with van der Waals surface area (Å²) in [6.07, 6.45) is 3.44. The number of nitrogens with two attached hydrogens (primary N) is 2. The Balaban J connectivity index is 1.80. The first-order valence-corrected chi connectivity index (χ1v) is 14.3. The molecule has 0 spiro atoms. The van der Waals surface area contributed by atoms with Crippen LogP contribution in [0.3, 0.4) is 0 Å². The predicted molar refractivity (Wildman–Crippen MR) is 146 cm³/mol. The molecule has 200 valence electrons. The van der Waals surface area contributed by atoms with Crippen molar-refractivity contribution >= 4 is 23.2 Å². The van der Waals surface area contributed by atoms with Gasteiger partial charge in [0.15, 0.2) is 5.78 Å². The van der Waals surface area contributed by atoms with Crippen molar-refractivity contribution in [1.29, 1.82) is 0 Å². The third kappa shape index (κ3) is 7.73. The van der Waals surface area contributed by atoms with Gasteiger partial charge < -0.3 is 21.3 Å².